The van der Waals surface area contributed by atoms with Crippen molar-refractivity contribution in [3.8, 4) is 0 Å². The molecule has 0 atom stereocenters. The molecule has 8 nitrogen and oxygen atoms in total. The minimum atomic E-state index is -0.122. The third-order valence-corrected chi connectivity index (χ3v) is 4.89. The standard InChI is InChI=1S/C19H22N6O2/c1-14-11-21-18(12-20-14)24-6-4-23(5-7-24)15-2-3-16-17(10-15)22-13-25(8-9-26)19(16)27/h2-3,10-13,26H,4-9H2,1H3. The summed E-state index contributed by atoms with van der Waals surface area (Å²) in [6.45, 7) is 5.56. The summed E-state index contributed by atoms with van der Waals surface area (Å²) in [4.78, 5) is 30.1. The summed E-state index contributed by atoms with van der Waals surface area (Å²) in [6.07, 6.45) is 5.11. The number of aliphatic hydroxyl groups excluding tert-OH is 1. The van der Waals surface area contributed by atoms with E-state index in [1.807, 2.05) is 31.3 Å². The molecule has 1 fully saturated rings. The summed E-state index contributed by atoms with van der Waals surface area (Å²) in [6, 6.07) is 5.75. The lowest BCUT2D eigenvalue weighted by Gasteiger charge is -2.36. The molecule has 2 aromatic heterocycles. The highest BCUT2D eigenvalue weighted by Crippen LogP contribution is 2.21. The van der Waals surface area contributed by atoms with Gasteiger partial charge in [-0.1, -0.05) is 0 Å². The van der Waals surface area contributed by atoms with Gasteiger partial charge < -0.3 is 14.9 Å². The maximum atomic E-state index is 12.4. The highest BCUT2D eigenvalue weighted by atomic mass is 16.3. The number of aliphatic hydroxyl groups is 1. The van der Waals surface area contributed by atoms with Crippen LogP contribution < -0.4 is 15.4 Å². The Morgan fingerprint density at radius 1 is 1.04 bits per heavy atom. The van der Waals surface area contributed by atoms with Gasteiger partial charge >= 0.3 is 0 Å². The van der Waals surface area contributed by atoms with Crippen LogP contribution in [0.25, 0.3) is 10.9 Å². The second-order valence-electron chi connectivity index (χ2n) is 6.66. The molecule has 0 bridgehead atoms. The van der Waals surface area contributed by atoms with Crippen LogP contribution in [-0.2, 0) is 6.54 Å². The molecule has 0 unspecified atom stereocenters. The van der Waals surface area contributed by atoms with E-state index in [1.165, 1.54) is 10.9 Å². The summed E-state index contributed by atoms with van der Waals surface area (Å²) in [7, 11) is 0. The van der Waals surface area contributed by atoms with E-state index in [9.17, 15) is 4.79 Å². The molecule has 0 aliphatic carbocycles. The van der Waals surface area contributed by atoms with E-state index >= 15 is 0 Å². The van der Waals surface area contributed by atoms with Crippen LogP contribution in [0.2, 0.25) is 0 Å². The van der Waals surface area contributed by atoms with Crippen molar-refractivity contribution in [2.24, 2.45) is 0 Å². The predicted molar refractivity (Wildman–Crippen MR) is 104 cm³/mol. The van der Waals surface area contributed by atoms with Gasteiger partial charge in [0.25, 0.3) is 5.56 Å². The van der Waals surface area contributed by atoms with E-state index in [0.29, 0.717) is 10.9 Å². The number of fused-ring (bicyclic) bond motifs is 1. The van der Waals surface area contributed by atoms with Gasteiger partial charge in [-0.25, -0.2) is 9.97 Å². The minimum absolute atomic E-state index is 0.0825. The summed E-state index contributed by atoms with van der Waals surface area (Å²) in [5.41, 5.74) is 2.53. The Hall–Kier alpha value is -3.00. The third kappa shape index (κ3) is 3.48. The Morgan fingerprint density at radius 3 is 2.52 bits per heavy atom. The zero-order valence-electron chi connectivity index (χ0n) is 15.2. The van der Waals surface area contributed by atoms with Crippen molar-refractivity contribution < 1.29 is 5.11 Å². The second-order valence-corrected chi connectivity index (χ2v) is 6.66. The minimum Gasteiger partial charge on any atom is -0.395 e. The van der Waals surface area contributed by atoms with Gasteiger partial charge in [0, 0.05) is 31.9 Å². The molecule has 1 N–H and O–H groups in total. The fourth-order valence-electron chi connectivity index (χ4n) is 3.35. The Kier molecular flexibility index (Phi) is 4.72. The van der Waals surface area contributed by atoms with Crippen molar-refractivity contribution in [2.75, 3.05) is 42.6 Å². The number of aryl methyl sites for hydroxylation is 1. The van der Waals surface area contributed by atoms with Crippen molar-refractivity contribution in [2.45, 2.75) is 13.5 Å². The molecule has 0 amide bonds. The monoisotopic (exact) mass is 366 g/mol. The van der Waals surface area contributed by atoms with Gasteiger partial charge in [0.2, 0.25) is 0 Å². The summed E-state index contributed by atoms with van der Waals surface area (Å²) < 4.78 is 1.43. The molecule has 3 aromatic rings. The van der Waals surface area contributed by atoms with E-state index < -0.39 is 0 Å². The molecule has 1 aliphatic heterocycles. The first-order valence-corrected chi connectivity index (χ1v) is 9.04. The molecule has 0 saturated carbocycles. The first kappa shape index (κ1) is 17.4. The number of hydrogen-bond acceptors (Lipinski definition) is 7. The summed E-state index contributed by atoms with van der Waals surface area (Å²) >= 11 is 0. The Balaban J connectivity index is 1.51. The highest BCUT2D eigenvalue weighted by Gasteiger charge is 2.19. The Bertz CT molecular complexity index is 993. The van der Waals surface area contributed by atoms with E-state index in [0.717, 1.165) is 43.4 Å². The molecule has 8 heteroatoms. The zero-order valence-corrected chi connectivity index (χ0v) is 15.2. The van der Waals surface area contributed by atoms with Crippen molar-refractivity contribution >= 4 is 22.4 Å². The third-order valence-electron chi connectivity index (χ3n) is 4.89. The van der Waals surface area contributed by atoms with Crippen LogP contribution in [-0.4, -0.2) is 57.4 Å². The summed E-state index contributed by atoms with van der Waals surface area (Å²) in [5, 5.41) is 9.61. The van der Waals surface area contributed by atoms with E-state index in [2.05, 4.69) is 24.8 Å². The van der Waals surface area contributed by atoms with E-state index in [4.69, 9.17) is 5.11 Å². The van der Waals surface area contributed by atoms with Crippen molar-refractivity contribution in [3.63, 3.8) is 0 Å². The number of piperazine rings is 1. The quantitative estimate of drug-likeness (QED) is 0.731. The van der Waals surface area contributed by atoms with Crippen LogP contribution in [0.5, 0.6) is 0 Å². The molecule has 27 heavy (non-hydrogen) atoms. The molecule has 1 aromatic carbocycles. The number of rotatable bonds is 4. The SMILES string of the molecule is Cc1cnc(N2CCN(c3ccc4c(=O)n(CCO)cnc4c3)CC2)cn1. The maximum absolute atomic E-state index is 12.4. The van der Waals surface area contributed by atoms with Crippen molar-refractivity contribution in [3.05, 3.63) is 53.0 Å². The largest absolute Gasteiger partial charge is 0.395 e. The van der Waals surface area contributed by atoms with Gasteiger partial charge in [-0.2, -0.15) is 0 Å². The van der Waals surface area contributed by atoms with Crippen LogP contribution >= 0.6 is 0 Å². The van der Waals surface area contributed by atoms with Gasteiger partial charge in [0.15, 0.2) is 0 Å². The van der Waals surface area contributed by atoms with Crippen LogP contribution in [0.3, 0.4) is 0 Å². The van der Waals surface area contributed by atoms with Crippen LogP contribution in [0.4, 0.5) is 11.5 Å². The van der Waals surface area contributed by atoms with Gasteiger partial charge in [-0.3, -0.25) is 14.3 Å². The van der Waals surface area contributed by atoms with Gasteiger partial charge in [0.1, 0.15) is 5.82 Å². The van der Waals surface area contributed by atoms with Gasteiger partial charge in [0.05, 0.1) is 48.5 Å². The Morgan fingerprint density at radius 2 is 1.81 bits per heavy atom. The molecular formula is C19H22N6O2. The highest BCUT2D eigenvalue weighted by molar-refractivity contribution is 5.81. The molecule has 140 valence electrons. The maximum Gasteiger partial charge on any atom is 0.261 e. The van der Waals surface area contributed by atoms with Crippen LogP contribution in [0.15, 0.2) is 41.7 Å². The lowest BCUT2D eigenvalue weighted by Crippen LogP contribution is -2.46. The smallest absolute Gasteiger partial charge is 0.261 e. The van der Waals surface area contributed by atoms with Gasteiger partial charge in [-0.15, -0.1) is 0 Å². The lowest BCUT2D eigenvalue weighted by molar-refractivity contribution is 0.274. The first-order valence-electron chi connectivity index (χ1n) is 9.04. The number of benzene rings is 1. The van der Waals surface area contributed by atoms with E-state index in [1.54, 1.807) is 6.20 Å². The van der Waals surface area contributed by atoms with Gasteiger partial charge in [-0.05, 0) is 25.1 Å². The topological polar surface area (TPSA) is 87.4 Å². The van der Waals surface area contributed by atoms with Crippen LogP contribution in [0.1, 0.15) is 5.69 Å². The lowest BCUT2D eigenvalue weighted by atomic mass is 10.2. The molecule has 1 aliphatic rings. The second kappa shape index (κ2) is 7.32. The molecule has 4 rings (SSSR count). The number of anilines is 2. The van der Waals surface area contributed by atoms with Crippen molar-refractivity contribution in [1.82, 2.24) is 19.5 Å². The molecular weight excluding hydrogens is 344 g/mol. The molecule has 0 radical (unpaired) electrons. The van der Waals surface area contributed by atoms with E-state index in [-0.39, 0.29) is 18.7 Å². The zero-order chi connectivity index (χ0) is 18.8. The average Bonchev–Trinajstić information content (AvgIpc) is 2.71. The fraction of sp³-hybridized carbons (Fsp3) is 0.368. The van der Waals surface area contributed by atoms with Crippen LogP contribution in [0, 0.1) is 6.92 Å². The predicted octanol–water partition coefficient (Wildman–Crippen LogP) is 0.814. The number of hydrogen-bond donors (Lipinski definition) is 1. The Labute approximate surface area is 156 Å². The van der Waals surface area contributed by atoms with Crippen molar-refractivity contribution in [1.29, 1.82) is 0 Å². The summed E-state index contributed by atoms with van der Waals surface area (Å²) in [5.74, 6) is 0.907. The number of nitrogens with zero attached hydrogens (tertiary/aromatic N) is 6. The normalized spacial score (nSPS) is 14.7. The molecule has 1 saturated heterocycles. The average molecular weight is 366 g/mol. The molecule has 3 heterocycles. The number of aromatic nitrogens is 4. The molecule has 0 spiro atoms. The fourth-order valence-corrected chi connectivity index (χ4v) is 3.35. The first-order chi connectivity index (χ1) is 13.2.